The highest BCUT2D eigenvalue weighted by atomic mass is 35.5. The topological polar surface area (TPSA) is 46.5 Å². The largest absolute Gasteiger partial charge is 0.479 e. The molecule has 1 aromatic carbocycles. The summed E-state index contributed by atoms with van der Waals surface area (Å²) in [5, 5.41) is 9.49. The van der Waals surface area contributed by atoms with Gasteiger partial charge in [-0.3, -0.25) is 0 Å². The second-order valence-electron chi connectivity index (χ2n) is 2.82. The van der Waals surface area contributed by atoms with Crippen molar-refractivity contribution >= 4 is 29.2 Å². The molecule has 82 valence electrons. The number of halogens is 2. The van der Waals surface area contributed by atoms with Gasteiger partial charge in [0.15, 0.2) is 6.10 Å². The van der Waals surface area contributed by atoms with Gasteiger partial charge in [-0.25, -0.2) is 4.79 Å². The molecular weight excluding hydrogens is 239 g/mol. The van der Waals surface area contributed by atoms with Crippen LogP contribution in [0, 0.1) is 0 Å². The second-order valence-corrected chi connectivity index (χ2v) is 3.60. The molecular formula is C10H10Cl2O3. The van der Waals surface area contributed by atoms with Crippen molar-refractivity contribution in [1.82, 2.24) is 0 Å². The lowest BCUT2D eigenvalue weighted by molar-refractivity contribution is -0.150. The van der Waals surface area contributed by atoms with Crippen molar-refractivity contribution in [2.45, 2.75) is 13.0 Å². The van der Waals surface area contributed by atoms with Gasteiger partial charge in [0.25, 0.3) is 0 Å². The number of aliphatic carboxylic acids is 1. The van der Waals surface area contributed by atoms with E-state index in [0.717, 1.165) is 0 Å². The van der Waals surface area contributed by atoms with Crippen LogP contribution in [0.2, 0.25) is 10.0 Å². The van der Waals surface area contributed by atoms with Crippen molar-refractivity contribution in [2.24, 2.45) is 0 Å². The van der Waals surface area contributed by atoms with Crippen LogP contribution in [0.3, 0.4) is 0 Å². The third-order valence-corrected chi connectivity index (χ3v) is 2.66. The van der Waals surface area contributed by atoms with Crippen LogP contribution in [0.4, 0.5) is 0 Å². The molecule has 0 bridgehead atoms. The molecule has 0 aliphatic carbocycles. The van der Waals surface area contributed by atoms with Crippen LogP contribution in [0.15, 0.2) is 18.2 Å². The molecule has 0 aromatic heterocycles. The van der Waals surface area contributed by atoms with E-state index >= 15 is 0 Å². The third-order valence-electron chi connectivity index (χ3n) is 1.82. The molecule has 0 aliphatic heterocycles. The molecule has 0 heterocycles. The van der Waals surface area contributed by atoms with Crippen molar-refractivity contribution in [2.75, 3.05) is 6.61 Å². The normalized spacial score (nSPS) is 12.5. The molecule has 0 spiro atoms. The third kappa shape index (κ3) is 2.84. The summed E-state index contributed by atoms with van der Waals surface area (Å²) in [7, 11) is 0. The average molecular weight is 249 g/mol. The van der Waals surface area contributed by atoms with Gasteiger partial charge in [-0.2, -0.15) is 0 Å². The van der Waals surface area contributed by atoms with Gasteiger partial charge < -0.3 is 9.84 Å². The van der Waals surface area contributed by atoms with Crippen LogP contribution in [0.25, 0.3) is 0 Å². The molecule has 0 saturated carbocycles. The number of hydrogen-bond donors (Lipinski definition) is 1. The predicted molar refractivity (Wildman–Crippen MR) is 58.5 cm³/mol. The van der Waals surface area contributed by atoms with E-state index in [4.69, 9.17) is 33.0 Å². The van der Waals surface area contributed by atoms with Crippen molar-refractivity contribution in [1.29, 1.82) is 0 Å². The van der Waals surface area contributed by atoms with Crippen LogP contribution >= 0.6 is 23.2 Å². The number of hydrogen-bond acceptors (Lipinski definition) is 2. The lowest BCUT2D eigenvalue weighted by Gasteiger charge is -2.14. The molecule has 0 radical (unpaired) electrons. The highest BCUT2D eigenvalue weighted by Gasteiger charge is 2.23. The van der Waals surface area contributed by atoms with Gasteiger partial charge in [-0.1, -0.05) is 35.3 Å². The fourth-order valence-corrected chi connectivity index (χ4v) is 1.59. The summed E-state index contributed by atoms with van der Waals surface area (Å²) in [5.41, 5.74) is 0.374. The number of benzene rings is 1. The quantitative estimate of drug-likeness (QED) is 0.891. The Morgan fingerprint density at radius 3 is 2.73 bits per heavy atom. The number of carboxylic acids is 1. The van der Waals surface area contributed by atoms with Gasteiger partial charge >= 0.3 is 5.97 Å². The molecule has 5 heteroatoms. The first-order valence-electron chi connectivity index (χ1n) is 4.36. The maximum absolute atomic E-state index is 10.9. The minimum Gasteiger partial charge on any atom is -0.479 e. The summed E-state index contributed by atoms with van der Waals surface area (Å²) in [4.78, 5) is 10.9. The van der Waals surface area contributed by atoms with Gasteiger partial charge in [0.1, 0.15) is 0 Å². The SMILES string of the molecule is CCOC(C(=O)O)c1cccc(Cl)c1Cl. The van der Waals surface area contributed by atoms with Gasteiger partial charge in [0.2, 0.25) is 0 Å². The Balaban J connectivity index is 3.11. The molecule has 0 aliphatic rings. The molecule has 1 unspecified atom stereocenters. The summed E-state index contributed by atoms with van der Waals surface area (Å²) in [6.07, 6.45) is -1.07. The Morgan fingerprint density at radius 1 is 1.53 bits per heavy atom. The average Bonchev–Trinajstić information content (AvgIpc) is 2.19. The van der Waals surface area contributed by atoms with E-state index in [1.807, 2.05) is 0 Å². The molecule has 1 rings (SSSR count). The van der Waals surface area contributed by atoms with E-state index in [2.05, 4.69) is 0 Å². The fourth-order valence-electron chi connectivity index (χ4n) is 1.18. The zero-order valence-electron chi connectivity index (χ0n) is 8.04. The van der Waals surface area contributed by atoms with Gasteiger partial charge in [0, 0.05) is 12.2 Å². The molecule has 3 nitrogen and oxygen atoms in total. The first kappa shape index (κ1) is 12.3. The molecule has 1 atom stereocenters. The Kier molecular flexibility index (Phi) is 4.39. The molecule has 0 saturated heterocycles. The highest BCUT2D eigenvalue weighted by molar-refractivity contribution is 6.42. The first-order valence-corrected chi connectivity index (χ1v) is 5.11. The van der Waals surface area contributed by atoms with Crippen LogP contribution in [0.1, 0.15) is 18.6 Å². The molecule has 15 heavy (non-hydrogen) atoms. The summed E-state index contributed by atoms with van der Waals surface area (Å²) < 4.78 is 5.08. The Bertz CT molecular complexity index is 366. The first-order chi connectivity index (χ1) is 7.07. The Labute approximate surface area is 97.6 Å². The zero-order valence-corrected chi connectivity index (χ0v) is 9.55. The zero-order chi connectivity index (χ0) is 11.4. The monoisotopic (exact) mass is 248 g/mol. The van der Waals surface area contributed by atoms with Gasteiger partial charge in [-0.05, 0) is 13.0 Å². The minimum absolute atomic E-state index is 0.222. The summed E-state index contributed by atoms with van der Waals surface area (Å²) in [6, 6.07) is 4.82. The lowest BCUT2D eigenvalue weighted by atomic mass is 10.1. The predicted octanol–water partition coefficient (Wildman–Crippen LogP) is 3.16. The van der Waals surface area contributed by atoms with Crippen LogP contribution in [-0.2, 0) is 9.53 Å². The van der Waals surface area contributed by atoms with E-state index in [-0.39, 0.29) is 5.02 Å². The lowest BCUT2D eigenvalue weighted by Crippen LogP contribution is -2.15. The standard InChI is InChI=1S/C10H10Cl2O3/c1-2-15-9(10(13)14)6-4-3-5-7(11)8(6)12/h3-5,9H,2H2,1H3,(H,13,14). The second kappa shape index (κ2) is 5.35. The maximum Gasteiger partial charge on any atom is 0.337 e. The fraction of sp³-hybridized carbons (Fsp3) is 0.300. The van der Waals surface area contributed by atoms with Crippen LogP contribution in [0.5, 0.6) is 0 Å². The van der Waals surface area contributed by atoms with Crippen LogP contribution < -0.4 is 0 Å². The number of carboxylic acid groups (broad SMARTS) is 1. The van der Waals surface area contributed by atoms with E-state index < -0.39 is 12.1 Å². The maximum atomic E-state index is 10.9. The molecule has 1 aromatic rings. The highest BCUT2D eigenvalue weighted by Crippen LogP contribution is 2.31. The molecule has 0 amide bonds. The summed E-state index contributed by atoms with van der Waals surface area (Å²) in [6.45, 7) is 2.01. The Morgan fingerprint density at radius 2 is 2.20 bits per heavy atom. The van der Waals surface area contributed by atoms with E-state index in [1.54, 1.807) is 25.1 Å². The van der Waals surface area contributed by atoms with Gasteiger partial charge in [0.05, 0.1) is 10.0 Å². The smallest absolute Gasteiger partial charge is 0.337 e. The van der Waals surface area contributed by atoms with Crippen molar-refractivity contribution in [3.05, 3.63) is 33.8 Å². The van der Waals surface area contributed by atoms with Crippen molar-refractivity contribution in [3.63, 3.8) is 0 Å². The van der Waals surface area contributed by atoms with Crippen molar-refractivity contribution in [3.8, 4) is 0 Å². The number of rotatable bonds is 4. The van der Waals surface area contributed by atoms with E-state index in [0.29, 0.717) is 17.2 Å². The summed E-state index contributed by atoms with van der Waals surface area (Å²) >= 11 is 11.7. The molecule has 0 fully saturated rings. The van der Waals surface area contributed by atoms with Crippen molar-refractivity contribution < 1.29 is 14.6 Å². The number of carbonyl (C=O) groups is 1. The summed E-state index contributed by atoms with van der Waals surface area (Å²) in [5.74, 6) is -1.08. The Hall–Kier alpha value is -0.770. The van der Waals surface area contributed by atoms with E-state index in [1.165, 1.54) is 0 Å². The molecule has 1 N–H and O–H groups in total. The van der Waals surface area contributed by atoms with Gasteiger partial charge in [-0.15, -0.1) is 0 Å². The number of ether oxygens (including phenoxy) is 1. The van der Waals surface area contributed by atoms with E-state index in [9.17, 15) is 4.79 Å². The van der Waals surface area contributed by atoms with Crippen LogP contribution in [-0.4, -0.2) is 17.7 Å². The minimum atomic E-state index is -1.08.